The van der Waals surface area contributed by atoms with Gasteiger partial charge in [0, 0.05) is 45.1 Å². The Morgan fingerprint density at radius 1 is 0.844 bits per heavy atom. The van der Waals surface area contributed by atoms with Crippen molar-refractivity contribution in [3.8, 4) is 0 Å². The molecule has 2 aromatic carbocycles. The summed E-state index contributed by atoms with van der Waals surface area (Å²) in [5, 5.41) is 2.99. The molecule has 0 bridgehead atoms. The van der Waals surface area contributed by atoms with Crippen LogP contribution in [0.3, 0.4) is 0 Å². The fourth-order valence-corrected chi connectivity index (χ4v) is 4.39. The van der Waals surface area contributed by atoms with Crippen molar-refractivity contribution in [1.82, 2.24) is 20.1 Å². The van der Waals surface area contributed by atoms with E-state index < -0.39 is 0 Å². The van der Waals surface area contributed by atoms with Crippen LogP contribution in [0.4, 0.5) is 0 Å². The van der Waals surface area contributed by atoms with Crippen LogP contribution < -0.4 is 5.32 Å². The van der Waals surface area contributed by atoms with Gasteiger partial charge < -0.3 is 10.2 Å². The van der Waals surface area contributed by atoms with Gasteiger partial charge in [-0.25, -0.2) is 0 Å². The molecule has 1 aliphatic rings. The lowest BCUT2D eigenvalue weighted by atomic mass is 9.96. The Balaban J connectivity index is 1.22. The number of carbonyl (C=O) groups excluding carboxylic acids is 1. The number of aromatic nitrogens is 1. The van der Waals surface area contributed by atoms with Crippen molar-refractivity contribution < 1.29 is 4.79 Å². The van der Waals surface area contributed by atoms with Crippen molar-refractivity contribution >= 4 is 5.91 Å². The van der Waals surface area contributed by atoms with E-state index in [2.05, 4.69) is 80.8 Å². The molecule has 0 saturated carbocycles. The molecule has 0 atom stereocenters. The normalized spacial score (nSPS) is 15.0. The molecular formula is C27H32N4O. The number of piperazine rings is 1. The maximum atomic E-state index is 12.1. The zero-order valence-electron chi connectivity index (χ0n) is 18.6. The average Bonchev–Trinajstić information content (AvgIpc) is 2.87. The molecule has 1 fully saturated rings. The number of amides is 1. The van der Waals surface area contributed by atoms with Gasteiger partial charge in [0.1, 0.15) is 0 Å². The van der Waals surface area contributed by atoms with Gasteiger partial charge in [-0.1, -0.05) is 60.7 Å². The Morgan fingerprint density at radius 2 is 1.50 bits per heavy atom. The Labute approximate surface area is 191 Å². The minimum Gasteiger partial charge on any atom is -0.352 e. The van der Waals surface area contributed by atoms with Gasteiger partial charge in [-0.15, -0.1) is 0 Å². The molecule has 1 N–H and O–H groups in total. The molecule has 1 aromatic heterocycles. The van der Waals surface area contributed by atoms with Crippen LogP contribution in [0.5, 0.6) is 0 Å². The number of nitrogens with zero attached hydrogens (tertiary/aromatic N) is 3. The molecule has 4 rings (SSSR count). The summed E-state index contributed by atoms with van der Waals surface area (Å²) < 4.78 is 0. The second-order valence-electron chi connectivity index (χ2n) is 8.31. The maximum absolute atomic E-state index is 12.1. The predicted molar refractivity (Wildman–Crippen MR) is 129 cm³/mol. The molecular weight excluding hydrogens is 396 g/mol. The van der Waals surface area contributed by atoms with E-state index in [4.69, 9.17) is 0 Å². The summed E-state index contributed by atoms with van der Waals surface area (Å²) in [5.74, 6) is -0.0421. The van der Waals surface area contributed by atoms with Gasteiger partial charge in [-0.2, -0.15) is 0 Å². The number of benzene rings is 2. The zero-order valence-corrected chi connectivity index (χ0v) is 18.6. The smallest absolute Gasteiger partial charge is 0.252 e. The summed E-state index contributed by atoms with van der Waals surface area (Å²) in [6.07, 6.45) is 5.36. The highest BCUT2D eigenvalue weighted by molar-refractivity contribution is 5.93. The second kappa shape index (κ2) is 11.6. The summed E-state index contributed by atoms with van der Waals surface area (Å²) in [6, 6.07) is 25.6. The molecule has 0 spiro atoms. The summed E-state index contributed by atoms with van der Waals surface area (Å²) in [5.41, 5.74) is 3.34. The SMILES string of the molecule is O=C(NCCCCN1CCN(C(c2ccccc2)c2ccccc2)CC1)c1cccnc1. The quantitative estimate of drug-likeness (QED) is 0.524. The first-order chi connectivity index (χ1) is 15.8. The van der Waals surface area contributed by atoms with Crippen LogP contribution in [-0.2, 0) is 0 Å². The molecule has 3 aromatic rings. The van der Waals surface area contributed by atoms with E-state index in [1.54, 1.807) is 24.5 Å². The van der Waals surface area contributed by atoms with Crippen molar-refractivity contribution in [3.05, 3.63) is 102 Å². The fraction of sp³-hybridized carbons (Fsp3) is 0.333. The molecule has 32 heavy (non-hydrogen) atoms. The van der Waals surface area contributed by atoms with Crippen molar-refractivity contribution in [2.75, 3.05) is 39.3 Å². The third kappa shape index (κ3) is 6.02. The molecule has 0 aliphatic carbocycles. The minimum absolute atomic E-state index is 0.0421. The summed E-state index contributed by atoms with van der Waals surface area (Å²) in [7, 11) is 0. The Morgan fingerprint density at radius 3 is 2.09 bits per heavy atom. The van der Waals surface area contributed by atoms with E-state index in [1.807, 2.05) is 0 Å². The van der Waals surface area contributed by atoms with Crippen LogP contribution in [0.1, 0.15) is 40.4 Å². The molecule has 1 saturated heterocycles. The second-order valence-corrected chi connectivity index (χ2v) is 8.31. The molecule has 5 nitrogen and oxygen atoms in total. The molecule has 0 unspecified atom stereocenters. The van der Waals surface area contributed by atoms with E-state index in [1.165, 1.54) is 11.1 Å². The van der Waals surface area contributed by atoms with Crippen LogP contribution in [-0.4, -0.2) is 60.0 Å². The van der Waals surface area contributed by atoms with Crippen molar-refractivity contribution in [2.45, 2.75) is 18.9 Å². The largest absolute Gasteiger partial charge is 0.352 e. The molecule has 0 radical (unpaired) electrons. The fourth-order valence-electron chi connectivity index (χ4n) is 4.39. The first kappa shape index (κ1) is 22.2. The standard InChI is InChI=1S/C27H32N4O/c32-27(25-14-9-15-28-22-25)29-16-7-8-17-30-18-20-31(21-19-30)26(23-10-3-1-4-11-23)24-12-5-2-6-13-24/h1-6,9-15,22,26H,7-8,16-21H2,(H,29,32). The predicted octanol–water partition coefficient (Wildman–Crippen LogP) is 4.00. The number of rotatable bonds is 9. The summed E-state index contributed by atoms with van der Waals surface area (Å²) in [6.45, 7) is 6.07. The third-order valence-electron chi connectivity index (χ3n) is 6.11. The molecule has 2 heterocycles. The number of hydrogen-bond donors (Lipinski definition) is 1. The summed E-state index contributed by atoms with van der Waals surface area (Å²) >= 11 is 0. The monoisotopic (exact) mass is 428 g/mol. The highest BCUT2D eigenvalue weighted by Gasteiger charge is 2.26. The van der Waals surface area contributed by atoms with Crippen molar-refractivity contribution in [2.24, 2.45) is 0 Å². The number of carbonyl (C=O) groups is 1. The molecule has 1 aliphatic heterocycles. The highest BCUT2D eigenvalue weighted by Crippen LogP contribution is 2.29. The lowest BCUT2D eigenvalue weighted by molar-refractivity contribution is 0.0949. The molecule has 166 valence electrons. The van der Waals surface area contributed by atoms with E-state index in [9.17, 15) is 4.79 Å². The Bertz CT molecular complexity index is 902. The molecule has 1 amide bonds. The van der Waals surface area contributed by atoms with Gasteiger partial charge >= 0.3 is 0 Å². The van der Waals surface area contributed by atoms with Gasteiger partial charge in [-0.3, -0.25) is 14.7 Å². The van der Waals surface area contributed by atoms with Gasteiger partial charge in [-0.05, 0) is 42.6 Å². The maximum Gasteiger partial charge on any atom is 0.252 e. The number of unbranched alkanes of at least 4 members (excludes halogenated alkanes) is 1. The topological polar surface area (TPSA) is 48.5 Å². The first-order valence-corrected chi connectivity index (χ1v) is 11.6. The van der Waals surface area contributed by atoms with Crippen LogP contribution in [0.2, 0.25) is 0 Å². The van der Waals surface area contributed by atoms with E-state index in [-0.39, 0.29) is 5.91 Å². The van der Waals surface area contributed by atoms with Crippen LogP contribution in [0, 0.1) is 0 Å². The lowest BCUT2D eigenvalue weighted by Gasteiger charge is -2.39. The lowest BCUT2D eigenvalue weighted by Crippen LogP contribution is -2.48. The van der Waals surface area contributed by atoms with E-state index in [0.29, 0.717) is 18.2 Å². The summed E-state index contributed by atoms with van der Waals surface area (Å²) in [4.78, 5) is 21.2. The Kier molecular flexibility index (Phi) is 8.01. The average molecular weight is 429 g/mol. The first-order valence-electron chi connectivity index (χ1n) is 11.6. The zero-order chi connectivity index (χ0) is 22.0. The number of nitrogens with one attached hydrogen (secondary N) is 1. The molecule has 5 heteroatoms. The number of hydrogen-bond acceptors (Lipinski definition) is 4. The Hall–Kier alpha value is -3.02. The van der Waals surface area contributed by atoms with Gasteiger partial charge in [0.15, 0.2) is 0 Å². The van der Waals surface area contributed by atoms with Crippen molar-refractivity contribution in [1.29, 1.82) is 0 Å². The van der Waals surface area contributed by atoms with Crippen LogP contribution in [0.15, 0.2) is 85.2 Å². The van der Waals surface area contributed by atoms with E-state index >= 15 is 0 Å². The number of pyridine rings is 1. The van der Waals surface area contributed by atoms with Gasteiger partial charge in [0.25, 0.3) is 5.91 Å². The third-order valence-corrected chi connectivity index (χ3v) is 6.11. The van der Waals surface area contributed by atoms with Crippen LogP contribution >= 0.6 is 0 Å². The minimum atomic E-state index is -0.0421. The van der Waals surface area contributed by atoms with Crippen LogP contribution in [0.25, 0.3) is 0 Å². The van der Waals surface area contributed by atoms with Gasteiger partial charge in [0.2, 0.25) is 0 Å². The van der Waals surface area contributed by atoms with Crippen molar-refractivity contribution in [3.63, 3.8) is 0 Å². The highest BCUT2D eigenvalue weighted by atomic mass is 16.1. The van der Waals surface area contributed by atoms with Gasteiger partial charge in [0.05, 0.1) is 11.6 Å². The van der Waals surface area contributed by atoms with E-state index in [0.717, 1.165) is 45.6 Å².